The van der Waals surface area contributed by atoms with Gasteiger partial charge in [0.1, 0.15) is 0 Å². The molecule has 0 bridgehead atoms. The van der Waals surface area contributed by atoms with Crippen molar-refractivity contribution in [2.75, 3.05) is 11.5 Å². The number of hydrogen-bond acceptors (Lipinski definition) is 7. The zero-order chi connectivity index (χ0) is 27.6. The minimum Gasteiger partial charge on any atom is -0.462 e. The zero-order valence-corrected chi connectivity index (χ0v) is 21.9. The summed E-state index contributed by atoms with van der Waals surface area (Å²) in [5.41, 5.74) is -1.23. The molecule has 3 atom stereocenters. The van der Waals surface area contributed by atoms with E-state index in [2.05, 4.69) is 0 Å². The molecule has 2 saturated heterocycles. The monoisotopic (exact) mass is 563 g/mol. The summed E-state index contributed by atoms with van der Waals surface area (Å²) in [6.07, 6.45) is -1.18. The van der Waals surface area contributed by atoms with Crippen LogP contribution in [-0.4, -0.2) is 41.6 Å². The number of rotatable bonds is 4. The molecule has 1 aliphatic carbocycles. The van der Waals surface area contributed by atoms with Gasteiger partial charge in [-0.3, -0.25) is 19.2 Å². The van der Waals surface area contributed by atoms with Gasteiger partial charge in [-0.1, -0.05) is 53.5 Å². The molecule has 0 aromatic heterocycles. The second-order valence-corrected chi connectivity index (χ2v) is 10.3. The number of esters is 1. The van der Waals surface area contributed by atoms with E-state index in [1.54, 1.807) is 31.2 Å². The van der Waals surface area contributed by atoms with Crippen LogP contribution < -0.4 is 4.90 Å². The van der Waals surface area contributed by atoms with Gasteiger partial charge in [0, 0.05) is 26.7 Å². The Morgan fingerprint density at radius 2 is 1.56 bits per heavy atom. The van der Waals surface area contributed by atoms with Crippen molar-refractivity contribution in [1.29, 1.82) is 0 Å². The van der Waals surface area contributed by atoms with Gasteiger partial charge in [-0.25, -0.2) is 9.69 Å². The van der Waals surface area contributed by atoms with Crippen LogP contribution in [0, 0.1) is 11.8 Å². The number of anilines is 1. The molecular formula is C29H19Cl2NO7. The molecule has 0 saturated carbocycles. The first-order chi connectivity index (χ1) is 18.7. The highest BCUT2D eigenvalue weighted by Crippen LogP contribution is 2.58. The van der Waals surface area contributed by atoms with Crippen LogP contribution in [0.4, 0.5) is 5.69 Å². The molecule has 3 aromatic carbocycles. The molecule has 1 spiro atoms. The number of imide groups is 1. The summed E-state index contributed by atoms with van der Waals surface area (Å²) in [5.74, 6) is -5.96. The largest absolute Gasteiger partial charge is 0.462 e. The molecule has 8 nitrogen and oxygen atoms in total. The summed E-state index contributed by atoms with van der Waals surface area (Å²) < 4.78 is 11.2. The van der Waals surface area contributed by atoms with Gasteiger partial charge in [0.15, 0.2) is 0 Å². The maximum atomic E-state index is 14.0. The number of Topliss-reactive ketones (excluding diaryl/α,β-unsaturated/α-hetero) is 2. The van der Waals surface area contributed by atoms with E-state index < -0.39 is 52.9 Å². The lowest BCUT2D eigenvalue weighted by molar-refractivity contribution is -0.127. The minimum atomic E-state index is -2.23. The summed E-state index contributed by atoms with van der Waals surface area (Å²) in [6, 6.07) is 16.5. The predicted octanol–water partition coefficient (Wildman–Crippen LogP) is 4.87. The highest BCUT2D eigenvalue weighted by Gasteiger charge is 2.74. The van der Waals surface area contributed by atoms with Crippen molar-refractivity contribution in [2.24, 2.45) is 11.8 Å². The van der Waals surface area contributed by atoms with Crippen molar-refractivity contribution in [2.45, 2.75) is 18.6 Å². The topological polar surface area (TPSA) is 107 Å². The second kappa shape index (κ2) is 9.12. The van der Waals surface area contributed by atoms with Crippen LogP contribution in [0.1, 0.15) is 49.7 Å². The van der Waals surface area contributed by atoms with Crippen LogP contribution >= 0.6 is 23.2 Å². The summed E-state index contributed by atoms with van der Waals surface area (Å²) in [6.45, 7) is 1.87. The molecule has 2 aliphatic heterocycles. The number of amides is 2. The van der Waals surface area contributed by atoms with Gasteiger partial charge in [-0.15, -0.1) is 0 Å². The quantitative estimate of drug-likeness (QED) is 0.253. The Labute approximate surface area is 232 Å². The summed E-state index contributed by atoms with van der Waals surface area (Å²) in [7, 11) is 0. The third-order valence-electron chi connectivity index (χ3n) is 7.42. The Morgan fingerprint density at radius 3 is 2.15 bits per heavy atom. The number of hydrogen-bond donors (Lipinski definition) is 0. The summed E-state index contributed by atoms with van der Waals surface area (Å²) in [4.78, 5) is 68.7. The van der Waals surface area contributed by atoms with E-state index in [1.165, 1.54) is 42.5 Å². The van der Waals surface area contributed by atoms with Gasteiger partial charge >= 0.3 is 5.97 Å². The number of ketones is 2. The third-order valence-corrected chi connectivity index (χ3v) is 7.99. The van der Waals surface area contributed by atoms with E-state index in [1.807, 2.05) is 0 Å². The molecule has 3 aromatic rings. The highest BCUT2D eigenvalue weighted by atomic mass is 35.5. The Kier molecular flexibility index (Phi) is 5.95. The van der Waals surface area contributed by atoms with Crippen molar-refractivity contribution in [3.8, 4) is 0 Å². The molecule has 0 unspecified atom stereocenters. The molecule has 196 valence electrons. The second-order valence-electron chi connectivity index (χ2n) is 9.43. The van der Waals surface area contributed by atoms with Crippen LogP contribution in [0.25, 0.3) is 0 Å². The SMILES string of the molecule is CCOC(=O)c1ccc(N2C(=O)[C@@H]3[C@H](c4ccc(Cl)cc4Cl)OC4(C(=O)c5ccccc5C4=O)[C@H]3C2=O)cc1. The average Bonchev–Trinajstić information content (AvgIpc) is 3.49. The van der Waals surface area contributed by atoms with Crippen LogP contribution in [0.15, 0.2) is 66.7 Å². The standard InChI is InChI=1S/C29H19Cl2NO7/c1-2-38-28(37)14-7-10-16(11-8-14)32-26(35)21-22(27(32)36)29(24(33)17-5-3-4-6-18(17)25(29)34)39-23(21)19-12-9-15(30)13-20(19)31/h3-13,21-23H,2H2,1H3/t21-,22+,23-/m0/s1. The van der Waals surface area contributed by atoms with E-state index in [0.717, 1.165) is 4.90 Å². The lowest BCUT2D eigenvalue weighted by Gasteiger charge is -2.27. The molecule has 10 heteroatoms. The average molecular weight is 564 g/mol. The van der Waals surface area contributed by atoms with Gasteiger partial charge in [0.2, 0.25) is 29.0 Å². The highest BCUT2D eigenvalue weighted by molar-refractivity contribution is 6.37. The smallest absolute Gasteiger partial charge is 0.338 e. The molecule has 2 heterocycles. The lowest BCUT2D eigenvalue weighted by Crippen LogP contribution is -2.51. The van der Waals surface area contributed by atoms with Gasteiger partial charge in [-0.05, 0) is 43.3 Å². The van der Waals surface area contributed by atoms with Gasteiger partial charge in [0.25, 0.3) is 0 Å². The number of benzene rings is 3. The molecule has 2 fully saturated rings. The van der Waals surface area contributed by atoms with Crippen molar-refractivity contribution < 1.29 is 33.4 Å². The van der Waals surface area contributed by atoms with Gasteiger partial charge in [0.05, 0.1) is 35.8 Å². The fourth-order valence-electron chi connectivity index (χ4n) is 5.75. The first-order valence-corrected chi connectivity index (χ1v) is 12.9. The summed E-state index contributed by atoms with van der Waals surface area (Å²) >= 11 is 12.6. The molecule has 0 N–H and O–H groups in total. The van der Waals surface area contributed by atoms with E-state index in [-0.39, 0.29) is 34.0 Å². The Morgan fingerprint density at radius 1 is 0.923 bits per heavy atom. The van der Waals surface area contributed by atoms with Crippen molar-refractivity contribution in [3.05, 3.63) is 99.0 Å². The number of carbonyl (C=O) groups is 5. The molecule has 3 aliphatic rings. The Balaban J connectivity index is 1.48. The van der Waals surface area contributed by atoms with Crippen LogP contribution in [0.3, 0.4) is 0 Å². The van der Waals surface area contributed by atoms with Gasteiger partial charge in [-0.2, -0.15) is 0 Å². The van der Waals surface area contributed by atoms with Gasteiger partial charge < -0.3 is 9.47 Å². The van der Waals surface area contributed by atoms with E-state index in [4.69, 9.17) is 32.7 Å². The number of ether oxygens (including phenoxy) is 2. The Hall–Kier alpha value is -3.85. The molecule has 6 rings (SSSR count). The van der Waals surface area contributed by atoms with Crippen molar-refractivity contribution in [1.82, 2.24) is 0 Å². The number of fused-ring (bicyclic) bond motifs is 3. The molecule has 39 heavy (non-hydrogen) atoms. The van der Waals surface area contributed by atoms with Crippen LogP contribution in [-0.2, 0) is 19.1 Å². The number of carbonyl (C=O) groups excluding carboxylic acids is 5. The third kappa shape index (κ3) is 3.52. The molecular weight excluding hydrogens is 545 g/mol. The molecule has 0 radical (unpaired) electrons. The van der Waals surface area contributed by atoms with E-state index in [9.17, 15) is 24.0 Å². The van der Waals surface area contributed by atoms with Crippen molar-refractivity contribution >= 4 is 58.2 Å². The number of halogens is 2. The zero-order valence-electron chi connectivity index (χ0n) is 20.4. The predicted molar refractivity (Wildman–Crippen MR) is 140 cm³/mol. The maximum Gasteiger partial charge on any atom is 0.338 e. The molecule has 2 amide bonds. The van der Waals surface area contributed by atoms with Crippen molar-refractivity contribution in [3.63, 3.8) is 0 Å². The lowest BCUT2D eigenvalue weighted by atomic mass is 9.77. The fraction of sp³-hybridized carbons (Fsp3) is 0.207. The van der Waals surface area contributed by atoms with E-state index in [0.29, 0.717) is 10.6 Å². The minimum absolute atomic E-state index is 0.126. The maximum absolute atomic E-state index is 14.0. The van der Waals surface area contributed by atoms with E-state index >= 15 is 0 Å². The first-order valence-electron chi connectivity index (χ1n) is 12.2. The van der Waals surface area contributed by atoms with Crippen LogP contribution in [0.2, 0.25) is 10.0 Å². The fourth-order valence-corrected chi connectivity index (χ4v) is 6.26. The first kappa shape index (κ1) is 25.4. The Bertz CT molecular complexity index is 1560. The summed E-state index contributed by atoms with van der Waals surface area (Å²) in [5, 5.41) is 0.502. The number of nitrogens with zero attached hydrogens (tertiary/aromatic N) is 1. The normalized spacial score (nSPS) is 22.9. The van der Waals surface area contributed by atoms with Crippen LogP contribution in [0.5, 0.6) is 0 Å².